The number of hydrogen-bond donors (Lipinski definition) is 0. The summed E-state index contributed by atoms with van der Waals surface area (Å²) in [6, 6.07) is 10.7. The molecule has 92 valence electrons. The minimum atomic E-state index is -0.145. The van der Waals surface area contributed by atoms with E-state index in [2.05, 4.69) is 22.6 Å². The van der Waals surface area contributed by atoms with Gasteiger partial charge in [0.05, 0.1) is 6.54 Å². The van der Waals surface area contributed by atoms with Gasteiger partial charge in [0.25, 0.3) is 5.56 Å². The lowest BCUT2D eigenvalue weighted by Gasteiger charge is -2.05. The van der Waals surface area contributed by atoms with E-state index in [0.29, 0.717) is 5.56 Å². The predicted octanol–water partition coefficient (Wildman–Crippen LogP) is 2.64. The van der Waals surface area contributed by atoms with Gasteiger partial charge in [-0.1, -0.05) is 12.1 Å². The highest BCUT2D eigenvalue weighted by Crippen LogP contribution is 2.08. The van der Waals surface area contributed by atoms with E-state index in [-0.39, 0.29) is 17.9 Å². The minimum absolute atomic E-state index is 0.0580. The van der Waals surface area contributed by atoms with E-state index >= 15 is 0 Å². The van der Waals surface area contributed by atoms with Crippen molar-refractivity contribution in [3.05, 3.63) is 67.6 Å². The van der Waals surface area contributed by atoms with Crippen molar-refractivity contribution >= 4 is 28.4 Å². The van der Waals surface area contributed by atoms with E-state index in [9.17, 15) is 9.59 Å². The number of aryl methyl sites for hydroxylation is 1. The number of halogens is 1. The highest BCUT2D eigenvalue weighted by atomic mass is 127. The molecule has 0 spiro atoms. The normalized spacial score (nSPS) is 10.3. The van der Waals surface area contributed by atoms with Gasteiger partial charge in [0.2, 0.25) is 0 Å². The van der Waals surface area contributed by atoms with E-state index < -0.39 is 0 Å². The van der Waals surface area contributed by atoms with Crippen LogP contribution in [0.2, 0.25) is 0 Å². The number of hydrogen-bond acceptors (Lipinski definition) is 2. The molecule has 4 heteroatoms. The van der Waals surface area contributed by atoms with Crippen LogP contribution in [0.1, 0.15) is 15.9 Å². The molecule has 3 nitrogen and oxygen atoms in total. The van der Waals surface area contributed by atoms with Gasteiger partial charge in [0.15, 0.2) is 5.78 Å². The van der Waals surface area contributed by atoms with Crippen LogP contribution >= 0.6 is 22.6 Å². The van der Waals surface area contributed by atoms with Crippen LogP contribution in [0.4, 0.5) is 0 Å². The molecule has 0 saturated carbocycles. The van der Waals surface area contributed by atoms with Crippen LogP contribution in [-0.4, -0.2) is 10.4 Å². The van der Waals surface area contributed by atoms with Crippen LogP contribution < -0.4 is 5.56 Å². The molecule has 0 unspecified atom stereocenters. The first-order valence-electron chi connectivity index (χ1n) is 5.52. The third-order valence-corrected chi connectivity index (χ3v) is 3.35. The molecule has 0 aliphatic rings. The van der Waals surface area contributed by atoms with Crippen LogP contribution in [-0.2, 0) is 6.54 Å². The van der Waals surface area contributed by atoms with Gasteiger partial charge >= 0.3 is 0 Å². The molecule has 2 aromatic rings. The highest BCUT2D eigenvalue weighted by Gasteiger charge is 2.07. The largest absolute Gasteiger partial charge is 0.308 e. The lowest BCUT2D eigenvalue weighted by Crippen LogP contribution is -2.23. The Morgan fingerprint density at radius 3 is 2.50 bits per heavy atom. The molecule has 1 aromatic heterocycles. The zero-order chi connectivity index (χ0) is 13.1. The van der Waals surface area contributed by atoms with Crippen LogP contribution in [0, 0.1) is 10.5 Å². The Balaban J connectivity index is 2.21. The van der Waals surface area contributed by atoms with Crippen LogP contribution in [0.5, 0.6) is 0 Å². The Kier molecular flexibility index (Phi) is 3.96. The molecule has 0 amide bonds. The molecule has 0 aliphatic heterocycles. The first-order chi connectivity index (χ1) is 8.56. The van der Waals surface area contributed by atoms with Gasteiger partial charge in [-0.25, -0.2) is 0 Å². The van der Waals surface area contributed by atoms with Gasteiger partial charge in [-0.2, -0.15) is 0 Å². The quantitative estimate of drug-likeness (QED) is 0.629. The van der Waals surface area contributed by atoms with Crippen molar-refractivity contribution in [3.8, 4) is 0 Å². The average Bonchev–Trinajstić information content (AvgIpc) is 2.33. The Morgan fingerprint density at radius 2 is 1.89 bits per heavy atom. The molecule has 0 saturated heterocycles. The lowest BCUT2D eigenvalue weighted by molar-refractivity contribution is 0.0971. The van der Waals surface area contributed by atoms with E-state index in [0.717, 1.165) is 9.13 Å². The first-order valence-corrected chi connectivity index (χ1v) is 6.60. The van der Waals surface area contributed by atoms with Gasteiger partial charge in [-0.05, 0) is 53.3 Å². The number of carbonyl (C=O) groups excluding carboxylic acids is 1. The van der Waals surface area contributed by atoms with E-state index in [1.807, 2.05) is 25.1 Å². The van der Waals surface area contributed by atoms with Crippen molar-refractivity contribution in [2.45, 2.75) is 13.5 Å². The Hall–Kier alpha value is -1.43. The summed E-state index contributed by atoms with van der Waals surface area (Å²) in [6.45, 7) is 1.94. The summed E-state index contributed by atoms with van der Waals surface area (Å²) in [5.41, 5.74) is 1.38. The number of nitrogens with zero attached hydrogens (tertiary/aromatic N) is 1. The standard InChI is InChI=1S/C14H12INO2/c1-10-6-7-16(14(18)8-10)9-13(17)11-2-4-12(15)5-3-11/h2-8H,9H2,1H3. The zero-order valence-corrected chi connectivity index (χ0v) is 12.0. The van der Waals surface area contributed by atoms with E-state index in [1.54, 1.807) is 18.3 Å². The fourth-order valence-electron chi connectivity index (χ4n) is 1.62. The van der Waals surface area contributed by atoms with Crippen LogP contribution in [0.3, 0.4) is 0 Å². The van der Waals surface area contributed by atoms with Crippen molar-refractivity contribution in [2.24, 2.45) is 0 Å². The predicted molar refractivity (Wildman–Crippen MR) is 78.9 cm³/mol. The number of ketones is 1. The monoisotopic (exact) mass is 353 g/mol. The molecule has 0 N–H and O–H groups in total. The van der Waals surface area contributed by atoms with Gasteiger partial charge in [-0.3, -0.25) is 9.59 Å². The number of Topliss-reactive ketones (excluding diaryl/α,β-unsaturated/α-hetero) is 1. The summed E-state index contributed by atoms with van der Waals surface area (Å²) in [5.74, 6) is -0.0580. The minimum Gasteiger partial charge on any atom is -0.308 e. The molecule has 0 radical (unpaired) electrons. The number of aromatic nitrogens is 1. The van der Waals surface area contributed by atoms with Crippen molar-refractivity contribution in [1.82, 2.24) is 4.57 Å². The van der Waals surface area contributed by atoms with Crippen LogP contribution in [0.25, 0.3) is 0 Å². The van der Waals surface area contributed by atoms with E-state index in [4.69, 9.17) is 0 Å². The summed E-state index contributed by atoms with van der Waals surface area (Å²) in [7, 11) is 0. The molecule has 0 aliphatic carbocycles. The Morgan fingerprint density at radius 1 is 1.22 bits per heavy atom. The number of benzene rings is 1. The number of rotatable bonds is 3. The van der Waals surface area contributed by atoms with Crippen molar-refractivity contribution in [2.75, 3.05) is 0 Å². The summed E-state index contributed by atoms with van der Waals surface area (Å²) in [5, 5.41) is 0. The molecule has 1 heterocycles. The molecule has 0 fully saturated rings. The van der Waals surface area contributed by atoms with Crippen molar-refractivity contribution < 1.29 is 4.79 Å². The highest BCUT2D eigenvalue weighted by molar-refractivity contribution is 14.1. The maximum absolute atomic E-state index is 12.0. The maximum atomic E-state index is 12.0. The van der Waals surface area contributed by atoms with Gasteiger partial charge in [0, 0.05) is 21.4 Å². The first kappa shape index (κ1) is 13.0. The molecule has 0 bridgehead atoms. The lowest BCUT2D eigenvalue weighted by atomic mass is 10.1. The molecular formula is C14H12INO2. The van der Waals surface area contributed by atoms with Crippen molar-refractivity contribution in [3.63, 3.8) is 0 Å². The Labute approximate surface area is 119 Å². The van der Waals surface area contributed by atoms with Crippen LogP contribution in [0.15, 0.2) is 47.4 Å². The summed E-state index contributed by atoms with van der Waals surface area (Å²) >= 11 is 2.19. The second-order valence-corrected chi connectivity index (χ2v) is 5.35. The third kappa shape index (κ3) is 3.07. The smallest absolute Gasteiger partial charge is 0.251 e. The van der Waals surface area contributed by atoms with Gasteiger partial charge in [0.1, 0.15) is 0 Å². The number of carbonyl (C=O) groups is 1. The third-order valence-electron chi connectivity index (χ3n) is 2.63. The van der Waals surface area contributed by atoms with Gasteiger partial charge < -0.3 is 4.57 Å². The maximum Gasteiger partial charge on any atom is 0.251 e. The summed E-state index contributed by atoms with van der Waals surface area (Å²) < 4.78 is 2.50. The van der Waals surface area contributed by atoms with Gasteiger partial charge in [-0.15, -0.1) is 0 Å². The topological polar surface area (TPSA) is 39.1 Å². The fraction of sp³-hybridized carbons (Fsp3) is 0.143. The zero-order valence-electron chi connectivity index (χ0n) is 9.89. The van der Waals surface area contributed by atoms with Crippen molar-refractivity contribution in [1.29, 1.82) is 0 Å². The molecular weight excluding hydrogens is 341 g/mol. The summed E-state index contributed by atoms with van der Waals surface area (Å²) in [6.07, 6.45) is 1.66. The molecule has 1 aromatic carbocycles. The second-order valence-electron chi connectivity index (χ2n) is 4.10. The fourth-order valence-corrected chi connectivity index (χ4v) is 1.98. The molecule has 18 heavy (non-hydrogen) atoms. The second kappa shape index (κ2) is 5.48. The number of pyridine rings is 1. The van der Waals surface area contributed by atoms with E-state index in [1.165, 1.54) is 10.6 Å². The Bertz CT molecular complexity index is 629. The molecule has 2 rings (SSSR count). The molecule has 0 atom stereocenters. The summed E-state index contributed by atoms with van der Waals surface area (Å²) in [4.78, 5) is 23.7. The SMILES string of the molecule is Cc1ccn(CC(=O)c2ccc(I)cc2)c(=O)c1. The average molecular weight is 353 g/mol.